The maximum Gasteiger partial charge on any atom is 0.0410 e. The molecule has 88 valence electrons. The van der Waals surface area contributed by atoms with Crippen molar-refractivity contribution in [2.24, 2.45) is 11.7 Å². The smallest absolute Gasteiger partial charge is 0.0410 e. The summed E-state index contributed by atoms with van der Waals surface area (Å²) < 4.78 is 1.05. The second kappa shape index (κ2) is 5.25. The molecule has 4 heteroatoms. The number of nitrogens with zero attached hydrogens (tertiary/aromatic N) is 2. The minimum atomic E-state index is 0.444. The third-order valence-electron chi connectivity index (χ3n) is 3.40. The van der Waals surface area contributed by atoms with Crippen molar-refractivity contribution in [1.82, 2.24) is 9.88 Å². The van der Waals surface area contributed by atoms with Gasteiger partial charge in [0, 0.05) is 22.9 Å². The summed E-state index contributed by atoms with van der Waals surface area (Å²) in [5.41, 5.74) is 7.14. The first-order valence-corrected chi connectivity index (χ1v) is 6.60. The first-order chi connectivity index (χ1) is 7.76. The van der Waals surface area contributed by atoms with E-state index < -0.39 is 0 Å². The molecule has 1 saturated heterocycles. The molecule has 0 saturated carbocycles. The van der Waals surface area contributed by atoms with Crippen LogP contribution in [-0.2, 0) is 0 Å². The molecule has 0 amide bonds. The second-order valence-corrected chi connectivity index (χ2v) is 5.21. The fourth-order valence-corrected chi connectivity index (χ4v) is 2.98. The van der Waals surface area contributed by atoms with E-state index in [1.165, 1.54) is 12.0 Å². The highest BCUT2D eigenvalue weighted by Crippen LogP contribution is 2.36. The number of pyridine rings is 1. The third-order valence-corrected chi connectivity index (χ3v) is 3.84. The van der Waals surface area contributed by atoms with Crippen molar-refractivity contribution in [3.63, 3.8) is 0 Å². The van der Waals surface area contributed by atoms with E-state index in [0.717, 1.165) is 24.1 Å². The second-order valence-electron chi connectivity index (χ2n) is 4.29. The molecule has 1 aromatic heterocycles. The van der Waals surface area contributed by atoms with Gasteiger partial charge in [-0.3, -0.25) is 9.88 Å². The van der Waals surface area contributed by atoms with Crippen molar-refractivity contribution in [2.75, 3.05) is 19.6 Å². The van der Waals surface area contributed by atoms with Crippen LogP contribution in [0.1, 0.15) is 24.9 Å². The van der Waals surface area contributed by atoms with E-state index >= 15 is 0 Å². The molecule has 16 heavy (non-hydrogen) atoms. The maximum atomic E-state index is 5.86. The standard InChI is InChI=1S/C12H18BrN3/c1-2-16-4-3-9(6-14)12(16)10-5-11(13)8-15-7-10/h5,7-9,12H,2-4,6,14H2,1H3. The lowest BCUT2D eigenvalue weighted by Crippen LogP contribution is -2.28. The van der Waals surface area contributed by atoms with Gasteiger partial charge in [0.25, 0.3) is 0 Å². The van der Waals surface area contributed by atoms with Crippen LogP contribution >= 0.6 is 15.9 Å². The van der Waals surface area contributed by atoms with Crippen molar-refractivity contribution in [2.45, 2.75) is 19.4 Å². The number of hydrogen-bond donors (Lipinski definition) is 1. The van der Waals surface area contributed by atoms with Gasteiger partial charge in [-0.25, -0.2) is 0 Å². The molecule has 2 atom stereocenters. The highest BCUT2D eigenvalue weighted by molar-refractivity contribution is 9.10. The van der Waals surface area contributed by atoms with Crippen molar-refractivity contribution < 1.29 is 0 Å². The summed E-state index contributed by atoms with van der Waals surface area (Å²) >= 11 is 3.48. The van der Waals surface area contributed by atoms with Crippen LogP contribution in [0.2, 0.25) is 0 Å². The molecule has 0 radical (unpaired) electrons. The molecule has 1 aliphatic rings. The molecule has 2 rings (SSSR count). The lowest BCUT2D eigenvalue weighted by molar-refractivity contribution is 0.241. The highest BCUT2D eigenvalue weighted by atomic mass is 79.9. The zero-order valence-corrected chi connectivity index (χ0v) is 11.2. The Hall–Kier alpha value is -0.450. The molecule has 1 fully saturated rings. The minimum absolute atomic E-state index is 0.444. The summed E-state index contributed by atoms with van der Waals surface area (Å²) in [6.45, 7) is 5.19. The summed E-state index contributed by atoms with van der Waals surface area (Å²) in [5.74, 6) is 0.566. The molecule has 0 aromatic carbocycles. The molecule has 1 aliphatic heterocycles. The molecule has 0 bridgehead atoms. The zero-order chi connectivity index (χ0) is 11.5. The topological polar surface area (TPSA) is 42.1 Å². The predicted octanol–water partition coefficient (Wildman–Crippen LogP) is 2.19. The van der Waals surface area contributed by atoms with E-state index in [2.05, 4.69) is 38.8 Å². The van der Waals surface area contributed by atoms with Crippen LogP contribution in [0.3, 0.4) is 0 Å². The number of hydrogen-bond acceptors (Lipinski definition) is 3. The van der Waals surface area contributed by atoms with Gasteiger partial charge in [-0.05, 0) is 59.5 Å². The Labute approximate surface area is 105 Å². The number of aromatic nitrogens is 1. The van der Waals surface area contributed by atoms with Gasteiger partial charge < -0.3 is 5.73 Å². The largest absolute Gasteiger partial charge is 0.330 e. The van der Waals surface area contributed by atoms with E-state index in [9.17, 15) is 0 Å². The van der Waals surface area contributed by atoms with Gasteiger partial charge in [0.05, 0.1) is 0 Å². The fourth-order valence-electron chi connectivity index (χ4n) is 2.60. The Bertz CT molecular complexity index is 344. The SMILES string of the molecule is CCN1CCC(CN)C1c1cncc(Br)c1. The number of rotatable bonds is 3. The van der Waals surface area contributed by atoms with Gasteiger partial charge in [0.2, 0.25) is 0 Å². The summed E-state index contributed by atoms with van der Waals surface area (Å²) in [6.07, 6.45) is 4.99. The van der Waals surface area contributed by atoms with Crippen LogP contribution in [0, 0.1) is 5.92 Å². The quantitative estimate of drug-likeness (QED) is 0.925. The third kappa shape index (κ3) is 2.29. The van der Waals surface area contributed by atoms with Crippen molar-refractivity contribution >= 4 is 15.9 Å². The van der Waals surface area contributed by atoms with E-state index in [1.54, 1.807) is 0 Å². The van der Waals surface area contributed by atoms with E-state index in [-0.39, 0.29) is 0 Å². The Kier molecular flexibility index (Phi) is 3.95. The average Bonchev–Trinajstić information content (AvgIpc) is 2.71. The van der Waals surface area contributed by atoms with Crippen molar-refractivity contribution in [1.29, 1.82) is 0 Å². The van der Waals surface area contributed by atoms with Gasteiger partial charge >= 0.3 is 0 Å². The number of likely N-dealkylation sites (tertiary alicyclic amines) is 1. The molecule has 2 unspecified atom stereocenters. The summed E-state index contributed by atoms with van der Waals surface area (Å²) in [5, 5.41) is 0. The lowest BCUT2D eigenvalue weighted by Gasteiger charge is -2.26. The highest BCUT2D eigenvalue weighted by Gasteiger charge is 2.33. The molecule has 1 aromatic rings. The molecular weight excluding hydrogens is 266 g/mol. The number of nitrogens with two attached hydrogens (primary N) is 1. The molecule has 0 spiro atoms. The Balaban J connectivity index is 2.28. The summed E-state index contributed by atoms with van der Waals surface area (Å²) in [6, 6.07) is 2.61. The Morgan fingerprint density at radius 1 is 1.56 bits per heavy atom. The van der Waals surface area contributed by atoms with Gasteiger partial charge in [0.1, 0.15) is 0 Å². The van der Waals surface area contributed by atoms with E-state index in [4.69, 9.17) is 5.73 Å². The van der Waals surface area contributed by atoms with Crippen LogP contribution in [0.15, 0.2) is 22.9 Å². The lowest BCUT2D eigenvalue weighted by atomic mass is 9.95. The van der Waals surface area contributed by atoms with Crippen LogP contribution in [-0.4, -0.2) is 29.5 Å². The first kappa shape index (κ1) is 12.0. The Morgan fingerprint density at radius 3 is 3.00 bits per heavy atom. The molecule has 0 aliphatic carbocycles. The van der Waals surface area contributed by atoms with E-state index in [1.807, 2.05) is 12.4 Å². The number of halogens is 1. The summed E-state index contributed by atoms with van der Waals surface area (Å²) in [4.78, 5) is 6.74. The molecule has 2 heterocycles. The van der Waals surface area contributed by atoms with Gasteiger partial charge in [-0.15, -0.1) is 0 Å². The normalized spacial score (nSPS) is 26.2. The van der Waals surface area contributed by atoms with Crippen molar-refractivity contribution in [3.8, 4) is 0 Å². The van der Waals surface area contributed by atoms with Crippen LogP contribution in [0.5, 0.6) is 0 Å². The van der Waals surface area contributed by atoms with Crippen LogP contribution < -0.4 is 5.73 Å². The predicted molar refractivity (Wildman–Crippen MR) is 69.1 cm³/mol. The Morgan fingerprint density at radius 2 is 2.38 bits per heavy atom. The monoisotopic (exact) mass is 283 g/mol. The first-order valence-electron chi connectivity index (χ1n) is 5.80. The minimum Gasteiger partial charge on any atom is -0.330 e. The fraction of sp³-hybridized carbons (Fsp3) is 0.583. The molecular formula is C12H18BrN3. The van der Waals surface area contributed by atoms with Gasteiger partial charge in [0.15, 0.2) is 0 Å². The van der Waals surface area contributed by atoms with Gasteiger partial charge in [-0.1, -0.05) is 6.92 Å². The van der Waals surface area contributed by atoms with Crippen molar-refractivity contribution in [3.05, 3.63) is 28.5 Å². The van der Waals surface area contributed by atoms with E-state index in [0.29, 0.717) is 12.0 Å². The van der Waals surface area contributed by atoms with Crippen LogP contribution in [0.25, 0.3) is 0 Å². The summed E-state index contributed by atoms with van der Waals surface area (Å²) in [7, 11) is 0. The van der Waals surface area contributed by atoms with Gasteiger partial charge in [-0.2, -0.15) is 0 Å². The maximum absolute atomic E-state index is 5.86. The molecule has 3 nitrogen and oxygen atoms in total. The van der Waals surface area contributed by atoms with Crippen LogP contribution in [0.4, 0.5) is 0 Å². The molecule has 2 N–H and O–H groups in total. The zero-order valence-electron chi connectivity index (χ0n) is 9.56. The average molecular weight is 284 g/mol.